The molecule has 3 heterocycles. The third kappa shape index (κ3) is 2.90. The maximum Gasteiger partial charge on any atom is 0.227 e. The van der Waals surface area contributed by atoms with Gasteiger partial charge in [-0.2, -0.15) is 0 Å². The molecule has 0 spiro atoms. The second-order valence-electron chi connectivity index (χ2n) is 7.20. The third-order valence-corrected chi connectivity index (χ3v) is 4.84. The van der Waals surface area contributed by atoms with E-state index in [2.05, 4.69) is 9.97 Å². The lowest BCUT2D eigenvalue weighted by molar-refractivity contribution is 0.652. The first-order valence-corrected chi connectivity index (χ1v) is 8.94. The van der Waals surface area contributed by atoms with Crippen LogP contribution in [0.4, 0.5) is 0 Å². The Balaban J connectivity index is 2.14. The highest BCUT2D eigenvalue weighted by Gasteiger charge is 2.21. The third-order valence-electron chi connectivity index (χ3n) is 4.84. The van der Waals surface area contributed by atoms with E-state index in [1.807, 2.05) is 0 Å². The Morgan fingerprint density at radius 2 is 1.82 bits per heavy atom. The predicted octanol–water partition coefficient (Wildman–Crippen LogP) is 7.22. The number of rotatable bonds is 3. The quantitative estimate of drug-likeness (QED) is 0.375. The molecule has 3 nitrogen and oxygen atoms in total. The lowest BCUT2D eigenvalue weighted by Crippen LogP contribution is -1.96. The van der Waals surface area contributed by atoms with E-state index in [0.29, 0.717) is 22.2 Å². The first-order valence-electron chi connectivity index (χ1n) is 14.4. The minimum atomic E-state index is -2.82. The van der Waals surface area contributed by atoms with Gasteiger partial charge in [-0.15, -0.1) is 0 Å². The van der Waals surface area contributed by atoms with Crippen molar-refractivity contribution >= 4 is 22.1 Å². The van der Waals surface area contributed by atoms with Crippen LogP contribution in [0.5, 0.6) is 0 Å². The fourth-order valence-corrected chi connectivity index (χ4v) is 3.51. The lowest BCUT2D eigenvalue weighted by atomic mass is 9.92. The maximum absolute atomic E-state index is 8.72. The minimum Gasteiger partial charge on any atom is -0.437 e. The first-order chi connectivity index (χ1) is 17.5. The van der Waals surface area contributed by atoms with Gasteiger partial charge in [0.15, 0.2) is 0 Å². The molecule has 0 saturated heterocycles. The van der Waals surface area contributed by atoms with E-state index in [1.165, 1.54) is 12.1 Å². The van der Waals surface area contributed by atoms with Crippen LogP contribution in [0.1, 0.15) is 82.4 Å². The van der Waals surface area contributed by atoms with Crippen molar-refractivity contribution in [2.75, 3.05) is 0 Å². The molecule has 0 saturated carbocycles. The Hall–Kier alpha value is -2.68. The molecule has 0 fully saturated rings. The van der Waals surface area contributed by atoms with Crippen LogP contribution in [0.25, 0.3) is 33.3 Å². The van der Waals surface area contributed by atoms with Crippen LogP contribution in [0.3, 0.4) is 0 Å². The Morgan fingerprint density at radius 3 is 2.54 bits per heavy atom. The Bertz CT molecular complexity index is 1590. The summed E-state index contributed by atoms with van der Waals surface area (Å²) in [5, 5.41) is 0.594. The maximum atomic E-state index is 8.72. The SMILES string of the molecule is [2H]C([2H])([2H])c1cc(-c2ccc(C([2H])(C)C)c3c2oc2nc(C)cc(C([2H])([2H])[2H])c23)ncc1C([2H])(C)C([2H])([2H])[2H]. The van der Waals surface area contributed by atoms with Crippen LogP contribution < -0.4 is 0 Å². The summed E-state index contributed by atoms with van der Waals surface area (Å²) in [7, 11) is 0. The van der Waals surface area contributed by atoms with Gasteiger partial charge >= 0.3 is 0 Å². The molecule has 0 aliphatic rings. The zero-order valence-electron chi connectivity index (χ0n) is 27.2. The molecule has 3 heteroatoms. The zero-order valence-corrected chi connectivity index (χ0v) is 16.2. The van der Waals surface area contributed by atoms with E-state index in [1.54, 1.807) is 32.9 Å². The van der Waals surface area contributed by atoms with Crippen molar-refractivity contribution in [3.63, 3.8) is 0 Å². The van der Waals surface area contributed by atoms with E-state index in [0.717, 1.165) is 13.1 Å². The van der Waals surface area contributed by atoms with Gasteiger partial charge in [-0.05, 0) is 72.9 Å². The highest BCUT2D eigenvalue weighted by atomic mass is 16.3. The number of hydrogen-bond donors (Lipinski definition) is 0. The van der Waals surface area contributed by atoms with Crippen LogP contribution in [-0.4, -0.2) is 9.97 Å². The van der Waals surface area contributed by atoms with E-state index in [9.17, 15) is 0 Å². The second-order valence-corrected chi connectivity index (χ2v) is 7.20. The number of fused-ring (bicyclic) bond motifs is 3. The number of aryl methyl sites for hydroxylation is 3. The summed E-state index contributed by atoms with van der Waals surface area (Å²) in [6, 6.07) is 5.93. The Labute approximate surface area is 182 Å². The lowest BCUT2D eigenvalue weighted by Gasteiger charge is -2.13. The molecular formula is C25H28N2O. The standard InChI is InChI=1S/C25H28N2O/c1-13(2)18-8-9-19(21-11-15(5)20(12-26-21)14(3)4)24-23(18)22-16(6)10-17(7)27-25(22)28-24/h8-14H,1-7H3/i3D3,5D3,6D3,13D,14D. The number of pyridine rings is 2. The van der Waals surface area contributed by atoms with Crippen molar-refractivity contribution in [1.82, 2.24) is 9.97 Å². The van der Waals surface area contributed by atoms with Gasteiger partial charge in [-0.25, -0.2) is 4.98 Å². The normalized spacial score (nSPS) is 21.6. The zero-order chi connectivity index (χ0) is 29.5. The molecule has 0 N–H and O–H groups in total. The minimum absolute atomic E-state index is 0.0144. The van der Waals surface area contributed by atoms with Crippen molar-refractivity contribution in [2.24, 2.45) is 0 Å². The van der Waals surface area contributed by atoms with Crippen LogP contribution >= 0.6 is 0 Å². The Morgan fingerprint density at radius 1 is 1.00 bits per heavy atom. The summed E-state index contributed by atoms with van der Waals surface area (Å²) in [4.78, 5) is 8.75. The number of aromatic nitrogens is 2. The number of nitrogens with zero attached hydrogens (tertiary/aromatic N) is 2. The summed E-state index contributed by atoms with van der Waals surface area (Å²) in [6.07, 6.45) is 1.09. The number of benzene rings is 1. The summed E-state index contributed by atoms with van der Waals surface area (Å²) in [5.74, 6) is -3.41. The van der Waals surface area contributed by atoms with E-state index in [4.69, 9.17) is 19.5 Å². The molecule has 0 aliphatic heterocycles. The molecule has 0 aliphatic carbocycles. The second kappa shape index (κ2) is 6.73. The molecule has 4 aromatic rings. The van der Waals surface area contributed by atoms with Gasteiger partial charge in [0.05, 0.1) is 11.1 Å². The van der Waals surface area contributed by atoms with Gasteiger partial charge in [0, 0.05) is 37.9 Å². The van der Waals surface area contributed by atoms with Gasteiger partial charge in [0.1, 0.15) is 5.58 Å². The van der Waals surface area contributed by atoms with Gasteiger partial charge < -0.3 is 4.42 Å². The van der Waals surface area contributed by atoms with Crippen LogP contribution in [-0.2, 0) is 0 Å². The monoisotopic (exact) mass is 383 g/mol. The summed E-state index contributed by atoms with van der Waals surface area (Å²) < 4.78 is 95.2. The average molecular weight is 384 g/mol. The smallest absolute Gasteiger partial charge is 0.227 e. The molecule has 1 unspecified atom stereocenters. The summed E-state index contributed by atoms with van der Waals surface area (Å²) >= 11 is 0. The summed E-state index contributed by atoms with van der Waals surface area (Å²) in [6.45, 7) is -2.02. The molecule has 0 amide bonds. The van der Waals surface area contributed by atoms with Crippen molar-refractivity contribution in [3.8, 4) is 11.3 Å². The molecule has 4 rings (SSSR count). The molecule has 0 bridgehead atoms. The van der Waals surface area contributed by atoms with Crippen LogP contribution in [0, 0.1) is 20.6 Å². The predicted molar refractivity (Wildman–Crippen MR) is 117 cm³/mol. The topological polar surface area (TPSA) is 38.9 Å². The molecule has 3 aromatic heterocycles. The van der Waals surface area contributed by atoms with Gasteiger partial charge in [0.25, 0.3) is 0 Å². The molecule has 144 valence electrons. The molecule has 28 heavy (non-hydrogen) atoms. The van der Waals surface area contributed by atoms with Gasteiger partial charge in [0.2, 0.25) is 5.71 Å². The van der Waals surface area contributed by atoms with Crippen molar-refractivity contribution < 1.29 is 19.5 Å². The average Bonchev–Trinajstić information content (AvgIpc) is 3.13. The molecular weight excluding hydrogens is 344 g/mol. The van der Waals surface area contributed by atoms with Crippen molar-refractivity contribution in [2.45, 2.75) is 60.0 Å². The van der Waals surface area contributed by atoms with E-state index in [-0.39, 0.29) is 39.1 Å². The molecule has 1 aromatic carbocycles. The highest BCUT2D eigenvalue weighted by Crippen LogP contribution is 2.40. The van der Waals surface area contributed by atoms with E-state index < -0.39 is 32.3 Å². The van der Waals surface area contributed by atoms with Gasteiger partial charge in [-0.3, -0.25) is 4.98 Å². The fourth-order valence-electron chi connectivity index (χ4n) is 3.51. The number of furan rings is 1. The Kier molecular flexibility index (Phi) is 2.33. The highest BCUT2D eigenvalue weighted by molar-refractivity contribution is 6.11. The van der Waals surface area contributed by atoms with Crippen LogP contribution in [0.15, 0.2) is 34.9 Å². The molecule has 0 radical (unpaired) electrons. The first kappa shape index (κ1) is 9.69. The van der Waals surface area contributed by atoms with Crippen molar-refractivity contribution in [3.05, 3.63) is 58.4 Å². The largest absolute Gasteiger partial charge is 0.437 e. The van der Waals surface area contributed by atoms with Crippen LogP contribution in [0.2, 0.25) is 0 Å². The summed E-state index contributed by atoms with van der Waals surface area (Å²) in [5.41, 5.74) is 0.985. The fraction of sp³-hybridized carbons (Fsp3) is 0.360. The van der Waals surface area contributed by atoms with E-state index >= 15 is 0 Å². The molecule has 1 atom stereocenters. The number of hydrogen-bond acceptors (Lipinski definition) is 3. The van der Waals surface area contributed by atoms with Gasteiger partial charge in [-0.1, -0.05) is 33.7 Å². The van der Waals surface area contributed by atoms with Crippen molar-refractivity contribution in [1.29, 1.82) is 0 Å².